The molecular weight excluding hydrogens is 215 g/mol. The zero-order valence-corrected chi connectivity index (χ0v) is 7.50. The van der Waals surface area contributed by atoms with Crippen LogP contribution in [0.3, 0.4) is 0 Å². The van der Waals surface area contributed by atoms with Crippen molar-refractivity contribution in [3.8, 4) is 5.88 Å². The number of hydrogen-bond donors (Lipinski definition) is 1. The number of nitrogens with zero attached hydrogens (tertiary/aromatic N) is 1. The van der Waals surface area contributed by atoms with Crippen molar-refractivity contribution in [1.82, 2.24) is 4.98 Å². The van der Waals surface area contributed by atoms with Crippen molar-refractivity contribution < 1.29 is 27.8 Å². The van der Waals surface area contributed by atoms with E-state index in [1.165, 1.54) is 0 Å². The number of rotatable bonds is 3. The highest BCUT2D eigenvalue weighted by molar-refractivity contribution is 5.87. The van der Waals surface area contributed by atoms with Crippen molar-refractivity contribution in [3.05, 3.63) is 23.1 Å². The van der Waals surface area contributed by atoms with Gasteiger partial charge in [0.05, 0.1) is 12.7 Å². The Kier molecular flexibility index (Phi) is 3.13. The Bertz CT molecular complexity index is 395. The lowest BCUT2D eigenvalue weighted by molar-refractivity contribution is 0.0673. The van der Waals surface area contributed by atoms with Crippen molar-refractivity contribution >= 4 is 5.97 Å². The molecule has 4 nitrogen and oxygen atoms in total. The van der Waals surface area contributed by atoms with Crippen molar-refractivity contribution in [2.75, 3.05) is 7.11 Å². The number of carbonyl (C=O) groups is 1. The maximum absolute atomic E-state index is 13.0. The topological polar surface area (TPSA) is 59.4 Å². The van der Waals surface area contributed by atoms with E-state index in [2.05, 4.69) is 9.72 Å². The summed E-state index contributed by atoms with van der Waals surface area (Å²) in [4.78, 5) is 13.8. The number of aromatic nitrogens is 1. The minimum atomic E-state index is -3.24. The zero-order chi connectivity index (χ0) is 11.6. The van der Waals surface area contributed by atoms with Gasteiger partial charge >= 0.3 is 5.97 Å². The predicted molar refractivity (Wildman–Crippen MR) is 42.7 cm³/mol. The van der Waals surface area contributed by atoms with Gasteiger partial charge in [-0.2, -0.15) is 0 Å². The third-order valence-corrected chi connectivity index (χ3v) is 1.61. The molecule has 1 aromatic heterocycles. The summed E-state index contributed by atoms with van der Waals surface area (Å²) in [7, 11) is 1.12. The average molecular weight is 221 g/mol. The van der Waals surface area contributed by atoms with E-state index in [0.29, 0.717) is 6.07 Å². The van der Waals surface area contributed by atoms with E-state index in [-0.39, 0.29) is 5.88 Å². The molecule has 0 spiro atoms. The van der Waals surface area contributed by atoms with Crippen LogP contribution in [0.1, 0.15) is 22.5 Å². The Labute approximate surface area is 82.3 Å². The Balaban J connectivity index is 3.42. The van der Waals surface area contributed by atoms with Crippen LogP contribution in [-0.2, 0) is 0 Å². The Hall–Kier alpha value is -1.79. The quantitative estimate of drug-likeness (QED) is 0.846. The van der Waals surface area contributed by atoms with E-state index in [1.807, 2.05) is 0 Å². The molecule has 0 aliphatic rings. The molecule has 1 rings (SSSR count). The lowest BCUT2D eigenvalue weighted by atomic mass is 10.2. The molecule has 1 N–H and O–H groups in total. The summed E-state index contributed by atoms with van der Waals surface area (Å²) in [6.07, 6.45) is -3.24. The lowest BCUT2D eigenvalue weighted by Crippen LogP contribution is -2.09. The highest BCUT2D eigenvalue weighted by Gasteiger charge is 2.25. The lowest BCUT2D eigenvalue weighted by Gasteiger charge is -2.07. The molecule has 0 bridgehead atoms. The van der Waals surface area contributed by atoms with Gasteiger partial charge in [0.15, 0.2) is 5.69 Å². The predicted octanol–water partition coefficient (Wildman–Crippen LogP) is 1.87. The smallest absolute Gasteiger partial charge is 0.355 e. The van der Waals surface area contributed by atoms with E-state index in [1.54, 1.807) is 0 Å². The molecule has 0 aromatic carbocycles. The second-order valence-electron chi connectivity index (χ2n) is 2.51. The van der Waals surface area contributed by atoms with Crippen LogP contribution in [0, 0.1) is 5.82 Å². The summed E-state index contributed by atoms with van der Waals surface area (Å²) < 4.78 is 42.1. The first-order chi connectivity index (χ1) is 6.97. The Morgan fingerprint density at radius 1 is 1.60 bits per heavy atom. The summed E-state index contributed by atoms with van der Waals surface area (Å²) in [6, 6.07) is 0.605. The fourth-order valence-corrected chi connectivity index (χ4v) is 0.977. The number of carboxylic acids is 1. The number of aromatic carboxylic acids is 1. The number of halogens is 3. The fraction of sp³-hybridized carbons (Fsp3) is 0.250. The van der Waals surface area contributed by atoms with Crippen molar-refractivity contribution in [3.63, 3.8) is 0 Å². The molecule has 0 fully saturated rings. The van der Waals surface area contributed by atoms with E-state index in [0.717, 1.165) is 7.11 Å². The van der Waals surface area contributed by atoms with Crippen LogP contribution in [0.5, 0.6) is 5.88 Å². The fourth-order valence-electron chi connectivity index (χ4n) is 0.977. The normalized spacial score (nSPS) is 10.5. The Morgan fingerprint density at radius 3 is 2.60 bits per heavy atom. The number of carboxylic acid groups (broad SMARTS) is 1. The van der Waals surface area contributed by atoms with Crippen LogP contribution in [0.25, 0.3) is 0 Å². The van der Waals surface area contributed by atoms with E-state index in [4.69, 9.17) is 5.11 Å². The molecule has 7 heteroatoms. The Morgan fingerprint density at radius 2 is 2.20 bits per heavy atom. The van der Waals surface area contributed by atoms with E-state index >= 15 is 0 Å². The molecule has 0 atom stereocenters. The van der Waals surface area contributed by atoms with Crippen LogP contribution in [0.2, 0.25) is 0 Å². The first-order valence-corrected chi connectivity index (χ1v) is 3.73. The molecule has 15 heavy (non-hydrogen) atoms. The molecule has 0 saturated heterocycles. The van der Waals surface area contributed by atoms with Gasteiger partial charge < -0.3 is 9.84 Å². The minimum absolute atomic E-state index is 0.366. The number of alkyl halides is 2. The van der Waals surface area contributed by atoms with Crippen LogP contribution >= 0.6 is 0 Å². The first kappa shape index (κ1) is 11.3. The maximum atomic E-state index is 13.0. The van der Waals surface area contributed by atoms with Gasteiger partial charge in [0.25, 0.3) is 6.43 Å². The summed E-state index contributed by atoms with van der Waals surface area (Å²) >= 11 is 0. The van der Waals surface area contributed by atoms with Crippen LogP contribution in [-0.4, -0.2) is 23.2 Å². The van der Waals surface area contributed by atoms with Gasteiger partial charge in [0.2, 0.25) is 5.88 Å². The summed E-state index contributed by atoms with van der Waals surface area (Å²) in [6.45, 7) is 0. The van der Waals surface area contributed by atoms with Crippen molar-refractivity contribution in [2.45, 2.75) is 6.43 Å². The molecule has 0 amide bonds. The standard InChI is InChI=1S/C8H6F3NO3/c1-15-4-2-3(9)5(7(10)11)6(12-4)8(13)14/h2,7H,1H3,(H,13,14). The summed E-state index contributed by atoms with van der Waals surface area (Å²) in [5, 5.41) is 8.54. The summed E-state index contributed by atoms with van der Waals surface area (Å²) in [5.74, 6) is -3.45. The third kappa shape index (κ3) is 2.17. The average Bonchev–Trinajstić information content (AvgIpc) is 2.15. The molecule has 82 valence electrons. The van der Waals surface area contributed by atoms with Crippen LogP contribution in [0.4, 0.5) is 13.2 Å². The van der Waals surface area contributed by atoms with Gasteiger partial charge in [0.1, 0.15) is 5.82 Å². The number of hydrogen-bond acceptors (Lipinski definition) is 3. The molecular formula is C8H6F3NO3. The van der Waals surface area contributed by atoms with Crippen molar-refractivity contribution in [2.24, 2.45) is 0 Å². The maximum Gasteiger partial charge on any atom is 0.355 e. The largest absolute Gasteiger partial charge is 0.481 e. The second-order valence-corrected chi connectivity index (χ2v) is 2.51. The third-order valence-electron chi connectivity index (χ3n) is 1.61. The van der Waals surface area contributed by atoms with Gasteiger partial charge in [-0.1, -0.05) is 0 Å². The number of ether oxygens (including phenoxy) is 1. The monoisotopic (exact) mass is 221 g/mol. The highest BCUT2D eigenvalue weighted by Crippen LogP contribution is 2.27. The van der Waals surface area contributed by atoms with Gasteiger partial charge in [-0.25, -0.2) is 22.9 Å². The van der Waals surface area contributed by atoms with Crippen LogP contribution < -0.4 is 4.74 Å². The molecule has 0 saturated carbocycles. The van der Waals surface area contributed by atoms with Gasteiger partial charge in [0, 0.05) is 6.07 Å². The first-order valence-electron chi connectivity index (χ1n) is 3.73. The van der Waals surface area contributed by atoms with E-state index in [9.17, 15) is 18.0 Å². The van der Waals surface area contributed by atoms with E-state index < -0.39 is 29.5 Å². The molecule has 0 unspecified atom stereocenters. The zero-order valence-electron chi connectivity index (χ0n) is 7.50. The summed E-state index contributed by atoms with van der Waals surface area (Å²) in [5.41, 5.74) is -2.27. The SMILES string of the molecule is COc1cc(F)c(C(F)F)c(C(=O)O)n1. The number of methoxy groups -OCH3 is 1. The molecule has 1 aromatic rings. The molecule has 0 aliphatic carbocycles. The van der Waals surface area contributed by atoms with Crippen molar-refractivity contribution in [1.29, 1.82) is 0 Å². The van der Waals surface area contributed by atoms with Gasteiger partial charge in [-0.15, -0.1) is 0 Å². The molecule has 1 heterocycles. The molecule has 0 radical (unpaired) electrons. The minimum Gasteiger partial charge on any atom is -0.481 e. The second kappa shape index (κ2) is 4.16. The van der Waals surface area contributed by atoms with Crippen LogP contribution in [0.15, 0.2) is 6.07 Å². The highest BCUT2D eigenvalue weighted by atomic mass is 19.3. The van der Waals surface area contributed by atoms with Gasteiger partial charge in [-0.3, -0.25) is 0 Å². The number of pyridine rings is 1. The van der Waals surface area contributed by atoms with Gasteiger partial charge in [-0.05, 0) is 0 Å². The molecule has 0 aliphatic heterocycles.